The van der Waals surface area contributed by atoms with E-state index in [9.17, 15) is 0 Å². The molecule has 0 aromatic heterocycles. The van der Waals surface area contributed by atoms with Gasteiger partial charge in [-0.1, -0.05) is 0 Å². The number of aliphatic hydroxyl groups excluding tert-OH is 1. The Labute approximate surface area is 89.0 Å². The Kier molecular flexibility index (Phi) is 4.63. The molecule has 3 atom stereocenters. The van der Waals surface area contributed by atoms with Crippen LogP contribution in [0, 0.1) is 11.3 Å². The third-order valence-electron chi connectivity index (χ3n) is 2.37. The summed E-state index contributed by atoms with van der Waals surface area (Å²) in [4.78, 5) is 2.07. The van der Waals surface area contributed by atoms with E-state index < -0.39 is 5.38 Å². The van der Waals surface area contributed by atoms with Gasteiger partial charge in [-0.25, -0.2) is 0 Å². The maximum atomic E-state index is 8.94. The summed E-state index contributed by atoms with van der Waals surface area (Å²) in [6, 6.07) is 2.24. The van der Waals surface area contributed by atoms with Crippen molar-refractivity contribution in [2.45, 2.75) is 24.4 Å². The quantitative estimate of drug-likeness (QED) is 0.688. The zero-order chi connectivity index (χ0) is 10.6. The molecule has 0 aromatic carbocycles. The van der Waals surface area contributed by atoms with Crippen LogP contribution in [0.15, 0.2) is 0 Å². The van der Waals surface area contributed by atoms with E-state index in [0.717, 1.165) is 0 Å². The summed E-state index contributed by atoms with van der Waals surface area (Å²) in [6.07, 6.45) is -0.145. The molecule has 14 heavy (non-hydrogen) atoms. The highest BCUT2D eigenvalue weighted by molar-refractivity contribution is 6.22. The van der Waals surface area contributed by atoms with Crippen molar-refractivity contribution < 1.29 is 9.84 Å². The van der Waals surface area contributed by atoms with Crippen LogP contribution >= 0.6 is 11.6 Å². The summed E-state index contributed by atoms with van der Waals surface area (Å²) in [5.41, 5.74) is 0. The van der Waals surface area contributed by atoms with Gasteiger partial charge in [0.05, 0.1) is 25.4 Å². The highest BCUT2D eigenvalue weighted by Gasteiger charge is 2.26. The van der Waals surface area contributed by atoms with Gasteiger partial charge in [0.15, 0.2) is 0 Å². The smallest absolute Gasteiger partial charge is 0.133 e. The van der Waals surface area contributed by atoms with Crippen molar-refractivity contribution in [3.05, 3.63) is 0 Å². The Morgan fingerprint density at radius 1 is 1.79 bits per heavy atom. The summed E-state index contributed by atoms with van der Waals surface area (Å²) in [5, 5.41) is 17.0. The van der Waals surface area contributed by atoms with E-state index >= 15 is 0 Å². The van der Waals surface area contributed by atoms with Crippen LogP contribution in [-0.4, -0.2) is 53.8 Å². The number of nitrogens with zero attached hydrogens (tertiary/aromatic N) is 2. The Morgan fingerprint density at radius 2 is 2.50 bits per heavy atom. The molecule has 0 amide bonds. The molecule has 1 heterocycles. The molecular weight excluding hydrogens is 204 g/mol. The van der Waals surface area contributed by atoms with Crippen molar-refractivity contribution in [1.82, 2.24) is 4.90 Å². The number of aliphatic hydroxyl groups is 1. The van der Waals surface area contributed by atoms with E-state index in [2.05, 4.69) is 4.90 Å². The minimum absolute atomic E-state index is 0.0166. The van der Waals surface area contributed by atoms with Crippen molar-refractivity contribution >= 4 is 11.6 Å². The summed E-state index contributed by atoms with van der Waals surface area (Å²) >= 11 is 5.75. The van der Waals surface area contributed by atoms with Crippen LogP contribution in [0.4, 0.5) is 0 Å². The molecule has 0 saturated carbocycles. The maximum absolute atomic E-state index is 8.94. The van der Waals surface area contributed by atoms with E-state index in [1.165, 1.54) is 0 Å². The standard InChI is InChI=1S/C9H15ClN2O2/c1-7-6-14-9(5-13)4-12(7)3-8(10)2-11/h7-9,13H,3-6H2,1H3. The van der Waals surface area contributed by atoms with Crippen molar-refractivity contribution in [2.75, 3.05) is 26.3 Å². The number of alkyl halides is 1. The molecular formula is C9H15ClN2O2. The van der Waals surface area contributed by atoms with E-state index in [0.29, 0.717) is 19.7 Å². The predicted octanol–water partition coefficient (Wildman–Crippen LogP) is 0.199. The van der Waals surface area contributed by atoms with Crippen molar-refractivity contribution in [3.8, 4) is 6.07 Å². The molecule has 0 radical (unpaired) electrons. The lowest BCUT2D eigenvalue weighted by molar-refractivity contribution is -0.0767. The average molecular weight is 219 g/mol. The topological polar surface area (TPSA) is 56.5 Å². The molecule has 5 heteroatoms. The Balaban J connectivity index is 2.44. The van der Waals surface area contributed by atoms with Gasteiger partial charge in [-0.05, 0) is 6.92 Å². The van der Waals surface area contributed by atoms with Gasteiger partial charge < -0.3 is 9.84 Å². The van der Waals surface area contributed by atoms with Gasteiger partial charge in [-0.15, -0.1) is 11.6 Å². The third kappa shape index (κ3) is 3.10. The fourth-order valence-corrected chi connectivity index (χ4v) is 1.66. The second-order valence-corrected chi connectivity index (χ2v) is 4.06. The van der Waals surface area contributed by atoms with Gasteiger partial charge in [0.1, 0.15) is 5.38 Å². The molecule has 3 unspecified atom stereocenters. The molecule has 0 spiro atoms. The third-order valence-corrected chi connectivity index (χ3v) is 2.61. The predicted molar refractivity (Wildman–Crippen MR) is 53.1 cm³/mol. The monoisotopic (exact) mass is 218 g/mol. The van der Waals surface area contributed by atoms with Crippen LogP contribution in [0.1, 0.15) is 6.92 Å². The average Bonchev–Trinajstić information content (AvgIpc) is 2.21. The Morgan fingerprint density at radius 3 is 3.07 bits per heavy atom. The molecule has 1 aliphatic rings. The van der Waals surface area contributed by atoms with Crippen molar-refractivity contribution in [1.29, 1.82) is 5.26 Å². The summed E-state index contributed by atoms with van der Waals surface area (Å²) in [7, 11) is 0. The minimum atomic E-state index is -0.491. The lowest BCUT2D eigenvalue weighted by Crippen LogP contribution is -2.51. The Bertz CT molecular complexity index is 219. The molecule has 1 N–H and O–H groups in total. The number of halogens is 1. The number of morpholine rings is 1. The second-order valence-electron chi connectivity index (χ2n) is 3.54. The van der Waals surface area contributed by atoms with Crippen molar-refractivity contribution in [2.24, 2.45) is 0 Å². The van der Waals surface area contributed by atoms with Gasteiger partial charge in [0.2, 0.25) is 0 Å². The molecule has 1 rings (SSSR count). The van der Waals surface area contributed by atoms with E-state index in [1.54, 1.807) is 0 Å². The molecule has 1 fully saturated rings. The van der Waals surface area contributed by atoms with Gasteiger partial charge in [-0.2, -0.15) is 5.26 Å². The zero-order valence-electron chi connectivity index (χ0n) is 8.19. The molecule has 0 aromatic rings. The highest BCUT2D eigenvalue weighted by atomic mass is 35.5. The van der Waals surface area contributed by atoms with Gasteiger partial charge in [0, 0.05) is 19.1 Å². The number of hydrogen-bond donors (Lipinski definition) is 1. The maximum Gasteiger partial charge on any atom is 0.133 e. The SMILES string of the molecule is CC1COC(CO)CN1CC(Cl)C#N. The van der Waals surface area contributed by atoms with Gasteiger partial charge in [0.25, 0.3) is 0 Å². The fraction of sp³-hybridized carbons (Fsp3) is 0.889. The number of nitriles is 1. The second kappa shape index (κ2) is 5.52. The van der Waals surface area contributed by atoms with Crippen LogP contribution in [0.5, 0.6) is 0 Å². The Hall–Kier alpha value is -0.340. The van der Waals surface area contributed by atoms with E-state index in [-0.39, 0.29) is 18.8 Å². The van der Waals surface area contributed by atoms with Crippen LogP contribution in [-0.2, 0) is 4.74 Å². The normalized spacial score (nSPS) is 31.0. The van der Waals surface area contributed by atoms with Crippen LogP contribution in [0.3, 0.4) is 0 Å². The van der Waals surface area contributed by atoms with Gasteiger partial charge in [-0.3, -0.25) is 4.90 Å². The molecule has 0 bridgehead atoms. The largest absolute Gasteiger partial charge is 0.394 e. The lowest BCUT2D eigenvalue weighted by atomic mass is 10.2. The number of hydrogen-bond acceptors (Lipinski definition) is 4. The minimum Gasteiger partial charge on any atom is -0.394 e. The fourth-order valence-electron chi connectivity index (χ4n) is 1.49. The summed E-state index contributed by atoms with van der Waals surface area (Å²) in [6.45, 7) is 3.79. The molecule has 1 saturated heterocycles. The summed E-state index contributed by atoms with van der Waals surface area (Å²) in [5.74, 6) is 0. The molecule has 80 valence electrons. The first-order chi connectivity index (χ1) is 6.67. The number of ether oxygens (including phenoxy) is 1. The zero-order valence-corrected chi connectivity index (χ0v) is 8.94. The molecule has 1 aliphatic heterocycles. The number of rotatable bonds is 3. The first kappa shape index (κ1) is 11.7. The lowest BCUT2D eigenvalue weighted by Gasteiger charge is -2.37. The van der Waals surface area contributed by atoms with Crippen molar-refractivity contribution in [3.63, 3.8) is 0 Å². The van der Waals surface area contributed by atoms with E-state index in [1.807, 2.05) is 13.0 Å². The van der Waals surface area contributed by atoms with Gasteiger partial charge >= 0.3 is 0 Å². The van der Waals surface area contributed by atoms with Crippen LogP contribution in [0.25, 0.3) is 0 Å². The first-order valence-corrected chi connectivity index (χ1v) is 5.11. The summed E-state index contributed by atoms with van der Waals surface area (Å²) < 4.78 is 5.37. The highest BCUT2D eigenvalue weighted by Crippen LogP contribution is 2.13. The molecule has 4 nitrogen and oxygen atoms in total. The van der Waals surface area contributed by atoms with Crippen LogP contribution in [0.2, 0.25) is 0 Å². The van der Waals surface area contributed by atoms with E-state index in [4.69, 9.17) is 26.7 Å². The first-order valence-electron chi connectivity index (χ1n) is 4.67. The molecule has 0 aliphatic carbocycles. The van der Waals surface area contributed by atoms with Crippen LogP contribution < -0.4 is 0 Å².